The van der Waals surface area contributed by atoms with Crippen molar-refractivity contribution >= 4 is 28.4 Å². The van der Waals surface area contributed by atoms with Crippen molar-refractivity contribution in [2.45, 2.75) is 19.9 Å². The molecule has 0 aliphatic carbocycles. The fraction of sp³-hybridized carbons (Fsp3) is 0.214. The fourth-order valence-electron chi connectivity index (χ4n) is 1.72. The van der Waals surface area contributed by atoms with Crippen molar-refractivity contribution in [3.63, 3.8) is 0 Å². The number of aryl methyl sites for hydroxylation is 1. The Morgan fingerprint density at radius 2 is 1.89 bits per heavy atom. The van der Waals surface area contributed by atoms with Crippen molar-refractivity contribution in [1.29, 1.82) is 0 Å². The van der Waals surface area contributed by atoms with Crippen LogP contribution < -0.4 is 5.56 Å². The van der Waals surface area contributed by atoms with E-state index in [0.29, 0.717) is 6.42 Å². The van der Waals surface area contributed by atoms with Gasteiger partial charge in [0.25, 0.3) is 5.56 Å². The lowest BCUT2D eigenvalue weighted by Crippen LogP contribution is -2.27. The summed E-state index contributed by atoms with van der Waals surface area (Å²) in [6.45, 7) is 1.81. The Morgan fingerprint density at radius 3 is 2.58 bits per heavy atom. The molecule has 2 rings (SSSR count). The highest BCUT2D eigenvalue weighted by atomic mass is 127. The number of Topliss-reactive ketones (excluding diaryl/α,β-unsaturated/α-hetero) is 1. The molecular weight excluding hydrogens is 355 g/mol. The van der Waals surface area contributed by atoms with Crippen LogP contribution in [0, 0.1) is 10.5 Å². The standard InChI is InChI=1S/C14H13IN2O2/c1-10-2-7-14(19)17(16-10)9-13(18)8-11-3-5-12(15)6-4-11/h2-7H,8-9H2,1H3. The van der Waals surface area contributed by atoms with Crippen LogP contribution in [0.15, 0.2) is 41.2 Å². The van der Waals surface area contributed by atoms with E-state index >= 15 is 0 Å². The molecule has 0 spiro atoms. The number of aromatic nitrogens is 2. The van der Waals surface area contributed by atoms with Gasteiger partial charge in [-0.1, -0.05) is 12.1 Å². The predicted molar refractivity (Wildman–Crippen MR) is 81.1 cm³/mol. The Balaban J connectivity index is 2.07. The van der Waals surface area contributed by atoms with Gasteiger partial charge in [-0.15, -0.1) is 0 Å². The highest BCUT2D eigenvalue weighted by Gasteiger charge is 2.07. The molecule has 0 aliphatic rings. The SMILES string of the molecule is Cc1ccc(=O)n(CC(=O)Cc2ccc(I)cc2)n1. The van der Waals surface area contributed by atoms with Gasteiger partial charge in [0.1, 0.15) is 6.54 Å². The average molecular weight is 368 g/mol. The topological polar surface area (TPSA) is 52.0 Å². The Labute approximate surface area is 124 Å². The summed E-state index contributed by atoms with van der Waals surface area (Å²) in [6, 6.07) is 10.8. The normalized spacial score (nSPS) is 10.4. The van der Waals surface area contributed by atoms with Gasteiger partial charge in [-0.2, -0.15) is 5.10 Å². The molecule has 5 heteroatoms. The number of carbonyl (C=O) groups excluding carboxylic acids is 1. The number of hydrogen-bond acceptors (Lipinski definition) is 3. The number of ketones is 1. The molecule has 0 N–H and O–H groups in total. The molecular formula is C14H13IN2O2. The summed E-state index contributed by atoms with van der Waals surface area (Å²) in [7, 11) is 0. The number of rotatable bonds is 4. The molecule has 4 nitrogen and oxygen atoms in total. The number of hydrogen-bond donors (Lipinski definition) is 0. The van der Waals surface area contributed by atoms with E-state index in [1.807, 2.05) is 24.3 Å². The predicted octanol–water partition coefficient (Wildman–Crippen LogP) is 1.97. The monoisotopic (exact) mass is 368 g/mol. The molecule has 1 aromatic heterocycles. The van der Waals surface area contributed by atoms with Crippen molar-refractivity contribution in [2.24, 2.45) is 0 Å². The summed E-state index contributed by atoms with van der Waals surface area (Å²) in [5.74, 6) is -0.0265. The maximum absolute atomic E-state index is 11.9. The van der Waals surface area contributed by atoms with Gasteiger partial charge in [-0.3, -0.25) is 9.59 Å². The molecule has 0 saturated heterocycles. The third-order valence-electron chi connectivity index (χ3n) is 2.64. The van der Waals surface area contributed by atoms with Crippen molar-refractivity contribution in [3.8, 4) is 0 Å². The quantitative estimate of drug-likeness (QED) is 0.776. The maximum Gasteiger partial charge on any atom is 0.267 e. The number of carbonyl (C=O) groups is 1. The van der Waals surface area contributed by atoms with Crippen molar-refractivity contribution in [1.82, 2.24) is 9.78 Å². The molecule has 98 valence electrons. The second-order valence-corrected chi connectivity index (χ2v) is 5.56. The zero-order valence-electron chi connectivity index (χ0n) is 10.5. The first kappa shape index (κ1) is 13.9. The smallest absolute Gasteiger partial charge is 0.267 e. The van der Waals surface area contributed by atoms with Crippen LogP contribution >= 0.6 is 22.6 Å². The lowest BCUT2D eigenvalue weighted by atomic mass is 10.1. The van der Waals surface area contributed by atoms with Gasteiger partial charge < -0.3 is 0 Å². The summed E-state index contributed by atoms with van der Waals surface area (Å²) in [5, 5.41) is 4.05. The molecule has 19 heavy (non-hydrogen) atoms. The average Bonchev–Trinajstić information content (AvgIpc) is 2.37. The van der Waals surface area contributed by atoms with Gasteiger partial charge in [-0.25, -0.2) is 4.68 Å². The molecule has 0 atom stereocenters. The molecule has 0 aliphatic heterocycles. The lowest BCUT2D eigenvalue weighted by Gasteiger charge is -2.05. The fourth-order valence-corrected chi connectivity index (χ4v) is 2.08. The highest BCUT2D eigenvalue weighted by molar-refractivity contribution is 14.1. The Kier molecular flexibility index (Phi) is 4.47. The molecule has 0 radical (unpaired) electrons. The second kappa shape index (κ2) is 6.10. The van der Waals surface area contributed by atoms with Crippen LogP contribution in [0.1, 0.15) is 11.3 Å². The van der Waals surface area contributed by atoms with Gasteiger partial charge in [-0.05, 0) is 53.3 Å². The first-order valence-electron chi connectivity index (χ1n) is 5.85. The summed E-state index contributed by atoms with van der Waals surface area (Å²) in [4.78, 5) is 23.5. The molecule has 0 bridgehead atoms. The highest BCUT2D eigenvalue weighted by Crippen LogP contribution is 2.07. The third-order valence-corrected chi connectivity index (χ3v) is 3.36. The largest absolute Gasteiger partial charge is 0.297 e. The zero-order valence-corrected chi connectivity index (χ0v) is 12.6. The summed E-state index contributed by atoms with van der Waals surface area (Å²) >= 11 is 2.22. The number of benzene rings is 1. The van der Waals surface area contributed by atoms with Crippen molar-refractivity contribution in [2.75, 3.05) is 0 Å². The Morgan fingerprint density at radius 1 is 1.21 bits per heavy atom. The first-order chi connectivity index (χ1) is 9.04. The number of nitrogens with zero attached hydrogens (tertiary/aromatic N) is 2. The van der Waals surface area contributed by atoms with E-state index in [0.717, 1.165) is 14.8 Å². The molecule has 0 saturated carbocycles. The molecule has 1 aromatic carbocycles. The van der Waals surface area contributed by atoms with Gasteiger partial charge >= 0.3 is 0 Å². The van der Waals surface area contributed by atoms with Crippen LogP contribution in [0.2, 0.25) is 0 Å². The van der Waals surface area contributed by atoms with Crippen LogP contribution in [0.3, 0.4) is 0 Å². The van der Waals surface area contributed by atoms with E-state index in [2.05, 4.69) is 27.7 Å². The van der Waals surface area contributed by atoms with Gasteiger partial charge in [0.05, 0.1) is 5.69 Å². The molecule has 2 aromatic rings. The Hall–Kier alpha value is -1.50. The minimum absolute atomic E-state index is 0.0203. The summed E-state index contributed by atoms with van der Waals surface area (Å²) in [5.41, 5.74) is 1.43. The van der Waals surface area contributed by atoms with E-state index in [9.17, 15) is 9.59 Å². The minimum Gasteiger partial charge on any atom is -0.297 e. The van der Waals surface area contributed by atoms with Crippen molar-refractivity contribution < 1.29 is 4.79 Å². The zero-order chi connectivity index (χ0) is 13.8. The minimum atomic E-state index is -0.249. The summed E-state index contributed by atoms with van der Waals surface area (Å²) in [6.07, 6.45) is 0.318. The van der Waals surface area contributed by atoms with E-state index in [1.165, 1.54) is 10.7 Å². The number of halogens is 1. The maximum atomic E-state index is 11.9. The van der Waals surface area contributed by atoms with Crippen LogP contribution in [0.25, 0.3) is 0 Å². The van der Waals surface area contributed by atoms with Gasteiger partial charge in [0.2, 0.25) is 0 Å². The third kappa shape index (κ3) is 3.99. The van der Waals surface area contributed by atoms with Gasteiger partial charge in [0, 0.05) is 16.1 Å². The van der Waals surface area contributed by atoms with E-state index in [1.54, 1.807) is 13.0 Å². The molecule has 0 unspecified atom stereocenters. The lowest BCUT2D eigenvalue weighted by molar-refractivity contribution is -0.119. The molecule has 0 amide bonds. The van der Waals surface area contributed by atoms with E-state index in [-0.39, 0.29) is 17.9 Å². The van der Waals surface area contributed by atoms with Gasteiger partial charge in [0.15, 0.2) is 5.78 Å². The molecule has 0 fully saturated rings. The van der Waals surface area contributed by atoms with Crippen LogP contribution in [-0.4, -0.2) is 15.6 Å². The van der Waals surface area contributed by atoms with Crippen LogP contribution in [0.4, 0.5) is 0 Å². The van der Waals surface area contributed by atoms with E-state index < -0.39 is 0 Å². The molecule has 1 heterocycles. The first-order valence-corrected chi connectivity index (χ1v) is 6.93. The Bertz CT molecular complexity index is 647. The van der Waals surface area contributed by atoms with Crippen LogP contribution in [0.5, 0.6) is 0 Å². The van der Waals surface area contributed by atoms with Crippen LogP contribution in [-0.2, 0) is 17.8 Å². The van der Waals surface area contributed by atoms with E-state index in [4.69, 9.17) is 0 Å². The van der Waals surface area contributed by atoms with Crippen molar-refractivity contribution in [3.05, 3.63) is 61.6 Å². The summed E-state index contributed by atoms with van der Waals surface area (Å²) < 4.78 is 2.34. The second-order valence-electron chi connectivity index (χ2n) is 4.31.